The summed E-state index contributed by atoms with van der Waals surface area (Å²) in [5.74, 6) is -2.56. The minimum absolute atomic E-state index is 0.331. The molecule has 0 unspecified atom stereocenters. The lowest BCUT2D eigenvalue weighted by Crippen LogP contribution is -2.43. The SMILES string of the molecule is COC(=O)c1ccc(N2C(=O)[C@H]3[C@@H]4C=C[C@@](CO)(O4)[C@@H]3C2=O)cc1. The highest BCUT2D eigenvalue weighted by molar-refractivity contribution is 6.23. The van der Waals surface area contributed by atoms with Crippen LogP contribution in [0.4, 0.5) is 5.69 Å². The number of hydrogen-bond donors (Lipinski definition) is 1. The largest absolute Gasteiger partial charge is 0.465 e. The fourth-order valence-electron chi connectivity index (χ4n) is 3.80. The second kappa shape index (κ2) is 4.99. The van der Waals surface area contributed by atoms with E-state index in [1.807, 2.05) is 0 Å². The van der Waals surface area contributed by atoms with Crippen LogP contribution < -0.4 is 4.90 Å². The summed E-state index contributed by atoms with van der Waals surface area (Å²) < 4.78 is 10.3. The molecule has 2 fully saturated rings. The summed E-state index contributed by atoms with van der Waals surface area (Å²) in [5.41, 5.74) is -0.389. The fourth-order valence-corrected chi connectivity index (χ4v) is 3.80. The van der Waals surface area contributed by atoms with Crippen molar-refractivity contribution in [2.24, 2.45) is 11.8 Å². The molecule has 1 aromatic carbocycles. The molecule has 124 valence electrons. The Morgan fingerprint density at radius 1 is 1.29 bits per heavy atom. The Balaban J connectivity index is 1.68. The van der Waals surface area contributed by atoms with Gasteiger partial charge in [-0.1, -0.05) is 12.2 Å². The van der Waals surface area contributed by atoms with Gasteiger partial charge >= 0.3 is 5.97 Å². The Bertz CT molecular complexity index is 770. The van der Waals surface area contributed by atoms with E-state index in [0.717, 1.165) is 4.90 Å². The van der Waals surface area contributed by atoms with Gasteiger partial charge in [0.25, 0.3) is 0 Å². The van der Waals surface area contributed by atoms with Crippen LogP contribution in [0, 0.1) is 11.8 Å². The molecule has 2 amide bonds. The topological polar surface area (TPSA) is 93.1 Å². The minimum Gasteiger partial charge on any atom is -0.465 e. The van der Waals surface area contributed by atoms with Crippen LogP contribution in [0.1, 0.15) is 10.4 Å². The molecule has 3 heterocycles. The number of esters is 1. The lowest BCUT2D eigenvalue weighted by atomic mass is 9.77. The second-order valence-corrected chi connectivity index (χ2v) is 6.11. The van der Waals surface area contributed by atoms with Gasteiger partial charge in [0.05, 0.1) is 42.9 Å². The molecule has 7 heteroatoms. The molecular weight excluding hydrogens is 314 g/mol. The summed E-state index contributed by atoms with van der Waals surface area (Å²) in [6.45, 7) is -0.352. The zero-order chi connectivity index (χ0) is 17.1. The molecule has 1 aromatic rings. The van der Waals surface area contributed by atoms with E-state index >= 15 is 0 Å². The van der Waals surface area contributed by atoms with Gasteiger partial charge in [0, 0.05) is 0 Å². The maximum Gasteiger partial charge on any atom is 0.337 e. The summed E-state index contributed by atoms with van der Waals surface area (Å²) in [6.07, 6.45) is 2.92. The number of anilines is 1. The van der Waals surface area contributed by atoms with E-state index in [-0.39, 0.29) is 12.5 Å². The average Bonchev–Trinajstić information content (AvgIpc) is 3.25. The van der Waals surface area contributed by atoms with E-state index in [1.54, 1.807) is 12.2 Å². The van der Waals surface area contributed by atoms with Crippen molar-refractivity contribution in [1.82, 2.24) is 0 Å². The standard InChI is InChI=1S/C17H15NO6/c1-23-16(22)9-2-4-10(5-3-9)18-14(20)12-11-6-7-17(8-19,24-11)13(12)15(18)21/h2-7,11-13,19H,8H2,1H3/t11-,12-,13-,17-/m0/s1. The van der Waals surface area contributed by atoms with Crippen molar-refractivity contribution in [3.8, 4) is 0 Å². The zero-order valence-electron chi connectivity index (χ0n) is 12.8. The number of aliphatic hydroxyl groups excluding tert-OH is 1. The molecule has 3 aliphatic rings. The van der Waals surface area contributed by atoms with Crippen molar-refractivity contribution >= 4 is 23.5 Å². The number of nitrogens with zero attached hydrogens (tertiary/aromatic N) is 1. The van der Waals surface area contributed by atoms with Crippen molar-refractivity contribution in [2.75, 3.05) is 18.6 Å². The second-order valence-electron chi connectivity index (χ2n) is 6.11. The quantitative estimate of drug-likeness (QED) is 0.486. The average molecular weight is 329 g/mol. The van der Waals surface area contributed by atoms with E-state index in [2.05, 4.69) is 4.74 Å². The molecule has 7 nitrogen and oxygen atoms in total. The van der Waals surface area contributed by atoms with Crippen LogP contribution in [-0.2, 0) is 19.1 Å². The first-order valence-corrected chi connectivity index (χ1v) is 7.56. The van der Waals surface area contributed by atoms with Gasteiger partial charge in [-0.15, -0.1) is 0 Å². The summed E-state index contributed by atoms with van der Waals surface area (Å²) in [6, 6.07) is 6.07. The summed E-state index contributed by atoms with van der Waals surface area (Å²) in [5, 5.41) is 9.67. The Hall–Kier alpha value is -2.51. The van der Waals surface area contributed by atoms with Gasteiger partial charge < -0.3 is 14.6 Å². The van der Waals surface area contributed by atoms with E-state index in [9.17, 15) is 19.5 Å². The van der Waals surface area contributed by atoms with Crippen LogP contribution in [-0.4, -0.2) is 48.3 Å². The van der Waals surface area contributed by atoms with Gasteiger partial charge in [0.1, 0.15) is 5.60 Å². The molecule has 4 rings (SSSR count). The fraction of sp³-hybridized carbons (Fsp3) is 0.353. The maximum atomic E-state index is 12.8. The normalized spacial score (nSPS) is 33.2. The molecule has 0 saturated carbocycles. The molecule has 4 atom stereocenters. The number of carbonyl (C=O) groups excluding carboxylic acids is 3. The zero-order valence-corrected chi connectivity index (χ0v) is 12.8. The van der Waals surface area contributed by atoms with Gasteiger partial charge in [-0.25, -0.2) is 9.69 Å². The third kappa shape index (κ3) is 1.76. The van der Waals surface area contributed by atoms with Crippen LogP contribution >= 0.6 is 0 Å². The molecule has 3 aliphatic heterocycles. The number of amides is 2. The highest BCUT2D eigenvalue weighted by atomic mass is 16.5. The van der Waals surface area contributed by atoms with Gasteiger partial charge in [0.2, 0.25) is 11.8 Å². The van der Waals surface area contributed by atoms with Gasteiger partial charge in [-0.2, -0.15) is 0 Å². The number of methoxy groups -OCH3 is 1. The molecule has 1 N–H and O–H groups in total. The number of ether oxygens (including phenoxy) is 2. The van der Waals surface area contributed by atoms with Gasteiger partial charge in [0.15, 0.2) is 0 Å². The Labute approximate surface area is 137 Å². The van der Waals surface area contributed by atoms with Crippen LogP contribution in [0.5, 0.6) is 0 Å². The van der Waals surface area contributed by atoms with Crippen LogP contribution in [0.3, 0.4) is 0 Å². The maximum absolute atomic E-state index is 12.8. The highest BCUT2D eigenvalue weighted by Gasteiger charge is 2.67. The number of fused-ring (bicyclic) bond motifs is 5. The Kier molecular flexibility index (Phi) is 3.13. The van der Waals surface area contributed by atoms with E-state index in [4.69, 9.17) is 4.74 Å². The van der Waals surface area contributed by atoms with Gasteiger partial charge in [-0.3, -0.25) is 9.59 Å². The third-order valence-electron chi connectivity index (χ3n) is 4.95. The molecule has 24 heavy (non-hydrogen) atoms. The first-order valence-electron chi connectivity index (χ1n) is 7.56. The van der Waals surface area contributed by atoms with Gasteiger partial charge in [-0.05, 0) is 24.3 Å². The third-order valence-corrected chi connectivity index (χ3v) is 4.95. The molecule has 2 saturated heterocycles. The van der Waals surface area contributed by atoms with Crippen molar-refractivity contribution < 1.29 is 29.0 Å². The lowest BCUT2D eigenvalue weighted by Gasteiger charge is -2.26. The molecule has 0 aromatic heterocycles. The lowest BCUT2D eigenvalue weighted by molar-refractivity contribution is -0.128. The first kappa shape index (κ1) is 15.0. The Morgan fingerprint density at radius 3 is 2.62 bits per heavy atom. The number of hydrogen-bond acceptors (Lipinski definition) is 6. The highest BCUT2D eigenvalue weighted by Crippen LogP contribution is 2.52. The van der Waals surface area contributed by atoms with Crippen molar-refractivity contribution in [2.45, 2.75) is 11.7 Å². The molecule has 2 bridgehead atoms. The predicted octanol–water partition coefficient (Wildman–Crippen LogP) is 0.278. The van der Waals surface area contributed by atoms with E-state index < -0.39 is 35.4 Å². The minimum atomic E-state index is -1.11. The number of carbonyl (C=O) groups is 3. The monoisotopic (exact) mass is 329 g/mol. The van der Waals surface area contributed by atoms with Crippen LogP contribution in [0.25, 0.3) is 0 Å². The smallest absolute Gasteiger partial charge is 0.337 e. The number of rotatable bonds is 3. The molecular formula is C17H15NO6. The Morgan fingerprint density at radius 2 is 2.00 bits per heavy atom. The van der Waals surface area contributed by atoms with Crippen molar-refractivity contribution in [3.05, 3.63) is 42.0 Å². The number of aliphatic hydroxyl groups is 1. The van der Waals surface area contributed by atoms with Crippen LogP contribution in [0.2, 0.25) is 0 Å². The molecule has 0 radical (unpaired) electrons. The summed E-state index contributed by atoms with van der Waals surface area (Å²) >= 11 is 0. The predicted molar refractivity (Wildman–Crippen MR) is 81.1 cm³/mol. The van der Waals surface area contributed by atoms with E-state index in [0.29, 0.717) is 11.3 Å². The molecule has 0 spiro atoms. The van der Waals surface area contributed by atoms with Crippen molar-refractivity contribution in [1.29, 1.82) is 0 Å². The number of benzene rings is 1. The summed E-state index contributed by atoms with van der Waals surface area (Å²) in [7, 11) is 1.28. The van der Waals surface area contributed by atoms with E-state index in [1.165, 1.54) is 31.4 Å². The van der Waals surface area contributed by atoms with Crippen molar-refractivity contribution in [3.63, 3.8) is 0 Å². The first-order chi connectivity index (χ1) is 11.5. The number of imide groups is 1. The van der Waals surface area contributed by atoms with Crippen LogP contribution in [0.15, 0.2) is 36.4 Å². The summed E-state index contributed by atoms with van der Waals surface area (Å²) in [4.78, 5) is 38.2. The molecule has 0 aliphatic carbocycles.